The van der Waals surface area contributed by atoms with Crippen LogP contribution in [0.15, 0.2) is 0 Å². The Morgan fingerprint density at radius 2 is 1.84 bits per heavy atom. The van der Waals surface area contributed by atoms with Gasteiger partial charge in [0.05, 0.1) is 6.61 Å². The Hall–Kier alpha value is -0.570. The summed E-state index contributed by atoms with van der Waals surface area (Å²) in [5.41, 5.74) is 0.441. The quantitative estimate of drug-likeness (QED) is 0.778. The maximum Gasteiger partial charge on any atom is 0.322 e. The van der Waals surface area contributed by atoms with E-state index in [1.807, 2.05) is 13.8 Å². The van der Waals surface area contributed by atoms with Gasteiger partial charge in [-0.2, -0.15) is 0 Å². The zero-order valence-corrected chi connectivity index (χ0v) is 13.3. The highest BCUT2D eigenvalue weighted by atomic mass is 16.5. The van der Waals surface area contributed by atoms with Crippen molar-refractivity contribution in [3.05, 3.63) is 0 Å². The molecule has 0 saturated heterocycles. The predicted molar refractivity (Wildman–Crippen MR) is 79.0 cm³/mol. The Balaban J connectivity index is 2.25. The van der Waals surface area contributed by atoms with Crippen molar-refractivity contribution in [1.29, 1.82) is 0 Å². The molecule has 0 heterocycles. The lowest BCUT2D eigenvalue weighted by molar-refractivity contribution is -0.145. The minimum absolute atomic E-state index is 0.133. The SMILES string of the molecule is CCOC(=O)C(C)NCC1CCC(C(C)(C)C)CC1. The van der Waals surface area contributed by atoms with Crippen LogP contribution in [-0.4, -0.2) is 25.2 Å². The molecule has 0 aromatic rings. The van der Waals surface area contributed by atoms with Gasteiger partial charge in [-0.25, -0.2) is 0 Å². The predicted octanol–water partition coefficient (Wildman–Crippen LogP) is 3.38. The highest BCUT2D eigenvalue weighted by Gasteiger charge is 2.29. The fraction of sp³-hybridized carbons (Fsp3) is 0.938. The van der Waals surface area contributed by atoms with Crippen molar-refractivity contribution < 1.29 is 9.53 Å². The van der Waals surface area contributed by atoms with Crippen LogP contribution in [0, 0.1) is 17.3 Å². The smallest absolute Gasteiger partial charge is 0.322 e. The van der Waals surface area contributed by atoms with Gasteiger partial charge in [0.25, 0.3) is 0 Å². The van der Waals surface area contributed by atoms with Crippen molar-refractivity contribution in [1.82, 2.24) is 5.32 Å². The number of ether oxygens (including phenoxy) is 1. The van der Waals surface area contributed by atoms with Crippen LogP contribution in [0.1, 0.15) is 60.3 Å². The van der Waals surface area contributed by atoms with Crippen LogP contribution in [0.25, 0.3) is 0 Å². The fourth-order valence-electron chi connectivity index (χ4n) is 2.93. The van der Waals surface area contributed by atoms with Crippen molar-refractivity contribution in [2.24, 2.45) is 17.3 Å². The first-order valence-corrected chi connectivity index (χ1v) is 7.74. The van der Waals surface area contributed by atoms with E-state index in [2.05, 4.69) is 26.1 Å². The Morgan fingerprint density at radius 1 is 1.26 bits per heavy atom. The maximum atomic E-state index is 11.5. The summed E-state index contributed by atoms with van der Waals surface area (Å²) in [6, 6.07) is -0.180. The number of hydrogen-bond acceptors (Lipinski definition) is 3. The highest BCUT2D eigenvalue weighted by Crippen LogP contribution is 2.39. The van der Waals surface area contributed by atoms with Crippen LogP contribution < -0.4 is 5.32 Å². The summed E-state index contributed by atoms with van der Waals surface area (Å²) >= 11 is 0. The van der Waals surface area contributed by atoms with Gasteiger partial charge >= 0.3 is 5.97 Å². The molecule has 0 spiro atoms. The van der Waals surface area contributed by atoms with Gasteiger partial charge in [0.15, 0.2) is 0 Å². The van der Waals surface area contributed by atoms with Crippen LogP contribution in [0.2, 0.25) is 0 Å². The first kappa shape index (κ1) is 16.5. The van der Waals surface area contributed by atoms with Crippen LogP contribution in [0.3, 0.4) is 0 Å². The lowest BCUT2D eigenvalue weighted by Gasteiger charge is -2.37. The Morgan fingerprint density at radius 3 is 2.32 bits per heavy atom. The molecule has 3 heteroatoms. The van der Waals surface area contributed by atoms with Gasteiger partial charge in [0.2, 0.25) is 0 Å². The zero-order chi connectivity index (χ0) is 14.5. The molecular weight excluding hydrogens is 238 g/mol. The molecule has 1 aliphatic carbocycles. The van der Waals surface area contributed by atoms with Crippen molar-refractivity contribution in [2.75, 3.05) is 13.2 Å². The van der Waals surface area contributed by atoms with E-state index < -0.39 is 0 Å². The molecule has 1 N–H and O–H groups in total. The molecule has 0 aliphatic heterocycles. The molecular formula is C16H31NO2. The van der Waals surface area contributed by atoms with E-state index in [1.165, 1.54) is 25.7 Å². The number of nitrogens with one attached hydrogen (secondary N) is 1. The summed E-state index contributed by atoms with van der Waals surface area (Å²) in [6.45, 7) is 12.2. The van der Waals surface area contributed by atoms with Gasteiger partial charge in [-0.05, 0) is 63.3 Å². The van der Waals surface area contributed by atoms with Crippen LogP contribution >= 0.6 is 0 Å². The summed E-state index contributed by atoms with van der Waals surface area (Å²) in [6.07, 6.45) is 5.21. The van der Waals surface area contributed by atoms with E-state index in [0.29, 0.717) is 12.0 Å². The van der Waals surface area contributed by atoms with E-state index in [-0.39, 0.29) is 12.0 Å². The van der Waals surface area contributed by atoms with Crippen molar-refractivity contribution in [3.8, 4) is 0 Å². The lowest BCUT2D eigenvalue weighted by Crippen LogP contribution is -2.39. The fourth-order valence-corrected chi connectivity index (χ4v) is 2.93. The second-order valence-corrected chi connectivity index (χ2v) is 6.97. The summed E-state index contributed by atoms with van der Waals surface area (Å²) in [5, 5.41) is 3.32. The van der Waals surface area contributed by atoms with Gasteiger partial charge < -0.3 is 10.1 Å². The van der Waals surface area contributed by atoms with Gasteiger partial charge in [0.1, 0.15) is 6.04 Å². The molecule has 0 bridgehead atoms. The first-order valence-electron chi connectivity index (χ1n) is 7.74. The maximum absolute atomic E-state index is 11.5. The molecule has 19 heavy (non-hydrogen) atoms. The molecule has 1 rings (SSSR count). The van der Waals surface area contributed by atoms with Crippen LogP contribution in [-0.2, 0) is 9.53 Å². The minimum atomic E-state index is -0.180. The van der Waals surface area contributed by atoms with Gasteiger partial charge in [0, 0.05) is 0 Å². The molecule has 1 unspecified atom stereocenters. The van der Waals surface area contributed by atoms with Crippen LogP contribution in [0.4, 0.5) is 0 Å². The van der Waals surface area contributed by atoms with Crippen LogP contribution in [0.5, 0.6) is 0 Å². The standard InChI is InChI=1S/C16H31NO2/c1-6-19-15(18)12(2)17-11-13-7-9-14(10-8-13)16(3,4)5/h12-14,17H,6-11H2,1-5H3. The molecule has 1 atom stereocenters. The van der Waals surface area contributed by atoms with Gasteiger partial charge in [-0.1, -0.05) is 20.8 Å². The molecule has 112 valence electrons. The molecule has 1 fully saturated rings. The molecule has 3 nitrogen and oxygen atoms in total. The van der Waals surface area contributed by atoms with Crippen molar-refractivity contribution in [2.45, 2.75) is 66.3 Å². The molecule has 1 saturated carbocycles. The highest BCUT2D eigenvalue weighted by molar-refractivity contribution is 5.75. The molecule has 0 amide bonds. The Bertz CT molecular complexity index is 275. The van der Waals surface area contributed by atoms with E-state index in [9.17, 15) is 4.79 Å². The summed E-state index contributed by atoms with van der Waals surface area (Å²) in [5.74, 6) is 1.44. The summed E-state index contributed by atoms with van der Waals surface area (Å²) in [4.78, 5) is 11.5. The number of hydrogen-bond donors (Lipinski definition) is 1. The summed E-state index contributed by atoms with van der Waals surface area (Å²) < 4.78 is 5.00. The third-order valence-electron chi connectivity index (χ3n) is 4.42. The Labute approximate surface area is 118 Å². The molecule has 0 aromatic carbocycles. The average Bonchev–Trinajstić information content (AvgIpc) is 2.35. The number of carbonyl (C=O) groups is 1. The van der Waals surface area contributed by atoms with Crippen molar-refractivity contribution >= 4 is 5.97 Å². The normalized spacial score (nSPS) is 25.9. The molecule has 1 aliphatic rings. The van der Waals surface area contributed by atoms with E-state index in [1.54, 1.807) is 0 Å². The number of carbonyl (C=O) groups excluding carboxylic acids is 1. The number of rotatable bonds is 5. The van der Waals surface area contributed by atoms with E-state index in [4.69, 9.17) is 4.74 Å². The second kappa shape index (κ2) is 7.28. The minimum Gasteiger partial charge on any atom is -0.465 e. The largest absolute Gasteiger partial charge is 0.465 e. The second-order valence-electron chi connectivity index (χ2n) is 6.97. The van der Waals surface area contributed by atoms with Gasteiger partial charge in [-0.15, -0.1) is 0 Å². The number of esters is 1. The van der Waals surface area contributed by atoms with Crippen molar-refractivity contribution in [3.63, 3.8) is 0 Å². The topological polar surface area (TPSA) is 38.3 Å². The average molecular weight is 269 g/mol. The zero-order valence-electron chi connectivity index (χ0n) is 13.3. The monoisotopic (exact) mass is 269 g/mol. The van der Waals surface area contributed by atoms with E-state index in [0.717, 1.165) is 18.4 Å². The molecule has 0 aromatic heterocycles. The summed E-state index contributed by atoms with van der Waals surface area (Å²) in [7, 11) is 0. The van der Waals surface area contributed by atoms with Gasteiger partial charge in [-0.3, -0.25) is 4.79 Å². The lowest BCUT2D eigenvalue weighted by atomic mass is 9.70. The van der Waals surface area contributed by atoms with E-state index >= 15 is 0 Å². The third kappa shape index (κ3) is 5.52. The first-order chi connectivity index (χ1) is 8.84. The Kier molecular flexibility index (Phi) is 6.31. The molecule has 0 radical (unpaired) electrons. The third-order valence-corrected chi connectivity index (χ3v) is 4.42.